The summed E-state index contributed by atoms with van der Waals surface area (Å²) in [4.78, 5) is 13.4. The molecule has 2 unspecified atom stereocenters. The Labute approximate surface area is 115 Å². The monoisotopic (exact) mass is 261 g/mol. The summed E-state index contributed by atoms with van der Waals surface area (Å²) < 4.78 is 0. The molecule has 1 aliphatic heterocycles. The van der Waals surface area contributed by atoms with Crippen LogP contribution >= 0.6 is 0 Å². The zero-order chi connectivity index (χ0) is 13.7. The zero-order valence-electron chi connectivity index (χ0n) is 11.6. The van der Waals surface area contributed by atoms with Crippen LogP contribution in [0.3, 0.4) is 0 Å². The summed E-state index contributed by atoms with van der Waals surface area (Å²) >= 11 is 0. The number of piperidine rings is 1. The number of nitrogens with zero attached hydrogens (tertiary/aromatic N) is 1. The number of likely N-dealkylation sites (tertiary alicyclic amines) is 1. The normalized spacial score (nSPS) is 22.1. The maximum absolute atomic E-state index is 11.1. The van der Waals surface area contributed by atoms with Gasteiger partial charge in [-0.25, -0.2) is 0 Å². The van der Waals surface area contributed by atoms with Crippen molar-refractivity contribution in [3.05, 3.63) is 35.9 Å². The maximum atomic E-state index is 11.1. The molecule has 3 nitrogen and oxygen atoms in total. The minimum atomic E-state index is -0.639. The minimum absolute atomic E-state index is 0.173. The third-order valence-corrected chi connectivity index (χ3v) is 4.12. The summed E-state index contributed by atoms with van der Waals surface area (Å²) in [5, 5.41) is 9.12. The molecular formula is C16H23NO2. The van der Waals surface area contributed by atoms with Crippen molar-refractivity contribution in [2.45, 2.75) is 38.6 Å². The predicted octanol–water partition coefficient (Wildman–Crippen LogP) is 2.80. The van der Waals surface area contributed by atoms with Gasteiger partial charge in [0.1, 0.15) is 0 Å². The highest BCUT2D eigenvalue weighted by molar-refractivity contribution is 5.70. The fourth-order valence-electron chi connectivity index (χ4n) is 2.81. The van der Waals surface area contributed by atoms with E-state index >= 15 is 0 Å². The molecule has 0 radical (unpaired) electrons. The number of hydrogen-bond donors (Lipinski definition) is 1. The standard InChI is InChI=1S/C16H23NO2/c1-13(9-10-14-6-3-2-4-7-14)17-11-5-8-15(12-17)16(18)19/h2-4,6-7,13,15H,5,8-12H2,1H3,(H,18,19). The molecule has 3 heteroatoms. The highest BCUT2D eigenvalue weighted by Gasteiger charge is 2.27. The van der Waals surface area contributed by atoms with Gasteiger partial charge in [-0.2, -0.15) is 0 Å². The van der Waals surface area contributed by atoms with E-state index in [1.54, 1.807) is 0 Å². The summed E-state index contributed by atoms with van der Waals surface area (Å²) in [5.41, 5.74) is 1.36. The molecule has 1 N–H and O–H groups in total. The van der Waals surface area contributed by atoms with Gasteiger partial charge in [0.2, 0.25) is 0 Å². The molecule has 2 rings (SSSR count). The van der Waals surface area contributed by atoms with E-state index < -0.39 is 5.97 Å². The lowest BCUT2D eigenvalue weighted by Gasteiger charge is -2.35. The summed E-state index contributed by atoms with van der Waals surface area (Å²) in [6.45, 7) is 3.97. The van der Waals surface area contributed by atoms with Crippen molar-refractivity contribution in [3.8, 4) is 0 Å². The quantitative estimate of drug-likeness (QED) is 0.886. The van der Waals surface area contributed by atoms with Gasteiger partial charge in [-0.1, -0.05) is 30.3 Å². The van der Waals surface area contributed by atoms with Crippen LogP contribution in [0.1, 0.15) is 31.7 Å². The van der Waals surface area contributed by atoms with Crippen molar-refractivity contribution in [1.29, 1.82) is 0 Å². The van der Waals surface area contributed by atoms with E-state index in [9.17, 15) is 4.79 Å². The van der Waals surface area contributed by atoms with E-state index in [0.717, 1.165) is 32.2 Å². The molecule has 1 fully saturated rings. The summed E-state index contributed by atoms with van der Waals surface area (Å²) in [6.07, 6.45) is 4.00. The second-order valence-electron chi connectivity index (χ2n) is 5.55. The van der Waals surface area contributed by atoms with E-state index in [4.69, 9.17) is 5.11 Å². The van der Waals surface area contributed by atoms with E-state index in [1.165, 1.54) is 5.56 Å². The molecule has 0 aliphatic carbocycles. The third kappa shape index (κ3) is 4.06. The topological polar surface area (TPSA) is 40.5 Å². The third-order valence-electron chi connectivity index (χ3n) is 4.12. The largest absolute Gasteiger partial charge is 0.481 e. The first-order chi connectivity index (χ1) is 9.16. The van der Waals surface area contributed by atoms with Gasteiger partial charge >= 0.3 is 5.97 Å². The van der Waals surface area contributed by atoms with Gasteiger partial charge in [-0.05, 0) is 44.7 Å². The fraction of sp³-hybridized carbons (Fsp3) is 0.562. The van der Waals surface area contributed by atoms with Crippen molar-refractivity contribution in [2.24, 2.45) is 5.92 Å². The van der Waals surface area contributed by atoms with Crippen LogP contribution in [-0.4, -0.2) is 35.1 Å². The van der Waals surface area contributed by atoms with Crippen LogP contribution in [0.15, 0.2) is 30.3 Å². The molecule has 0 saturated carbocycles. The lowest BCUT2D eigenvalue weighted by atomic mass is 9.95. The van der Waals surface area contributed by atoms with Crippen LogP contribution < -0.4 is 0 Å². The average Bonchev–Trinajstić information content (AvgIpc) is 2.46. The van der Waals surface area contributed by atoms with Gasteiger partial charge in [0, 0.05) is 12.6 Å². The van der Waals surface area contributed by atoms with Crippen LogP contribution in [0.4, 0.5) is 0 Å². The van der Waals surface area contributed by atoms with Crippen LogP contribution in [0.5, 0.6) is 0 Å². The Morgan fingerprint density at radius 2 is 2.16 bits per heavy atom. The Morgan fingerprint density at radius 1 is 1.42 bits per heavy atom. The van der Waals surface area contributed by atoms with Crippen molar-refractivity contribution >= 4 is 5.97 Å². The Morgan fingerprint density at radius 3 is 2.84 bits per heavy atom. The molecule has 1 saturated heterocycles. The van der Waals surface area contributed by atoms with Crippen LogP contribution in [0.25, 0.3) is 0 Å². The zero-order valence-corrected chi connectivity index (χ0v) is 11.6. The first-order valence-electron chi connectivity index (χ1n) is 7.17. The van der Waals surface area contributed by atoms with Gasteiger partial charge in [-0.15, -0.1) is 0 Å². The maximum Gasteiger partial charge on any atom is 0.307 e. The lowest BCUT2D eigenvalue weighted by Crippen LogP contribution is -2.43. The molecule has 1 aromatic carbocycles. The van der Waals surface area contributed by atoms with Crippen LogP contribution in [0.2, 0.25) is 0 Å². The molecular weight excluding hydrogens is 238 g/mol. The summed E-state index contributed by atoms with van der Waals surface area (Å²) in [6, 6.07) is 11.0. The minimum Gasteiger partial charge on any atom is -0.481 e. The Bertz CT molecular complexity index is 404. The molecule has 1 aromatic rings. The highest BCUT2D eigenvalue weighted by Crippen LogP contribution is 2.20. The summed E-state index contributed by atoms with van der Waals surface area (Å²) in [5.74, 6) is -0.812. The predicted molar refractivity (Wildman–Crippen MR) is 76.2 cm³/mol. The number of aliphatic carboxylic acids is 1. The van der Waals surface area contributed by atoms with Gasteiger partial charge in [0.25, 0.3) is 0 Å². The second-order valence-corrected chi connectivity index (χ2v) is 5.55. The number of benzene rings is 1. The van der Waals surface area contributed by atoms with Crippen molar-refractivity contribution < 1.29 is 9.90 Å². The smallest absolute Gasteiger partial charge is 0.307 e. The fourth-order valence-corrected chi connectivity index (χ4v) is 2.81. The highest BCUT2D eigenvalue weighted by atomic mass is 16.4. The van der Waals surface area contributed by atoms with Gasteiger partial charge < -0.3 is 5.11 Å². The van der Waals surface area contributed by atoms with Crippen molar-refractivity contribution in [2.75, 3.05) is 13.1 Å². The average molecular weight is 261 g/mol. The number of carboxylic acid groups (broad SMARTS) is 1. The van der Waals surface area contributed by atoms with Crippen LogP contribution in [0, 0.1) is 5.92 Å². The molecule has 0 bridgehead atoms. The molecule has 0 spiro atoms. The van der Waals surface area contributed by atoms with Crippen LogP contribution in [-0.2, 0) is 11.2 Å². The SMILES string of the molecule is CC(CCc1ccccc1)N1CCCC(C(=O)O)C1. The number of carbonyl (C=O) groups is 1. The number of hydrogen-bond acceptors (Lipinski definition) is 2. The molecule has 1 heterocycles. The lowest BCUT2D eigenvalue weighted by molar-refractivity contribution is -0.143. The Hall–Kier alpha value is -1.35. The van der Waals surface area contributed by atoms with E-state index in [-0.39, 0.29) is 5.92 Å². The van der Waals surface area contributed by atoms with Crippen molar-refractivity contribution in [1.82, 2.24) is 4.90 Å². The molecule has 104 valence electrons. The Kier molecular flexibility index (Phi) is 4.97. The summed E-state index contributed by atoms with van der Waals surface area (Å²) in [7, 11) is 0. The number of aryl methyl sites for hydroxylation is 1. The van der Waals surface area contributed by atoms with Gasteiger partial charge in [0.15, 0.2) is 0 Å². The van der Waals surface area contributed by atoms with E-state index in [2.05, 4.69) is 36.1 Å². The molecule has 0 aromatic heterocycles. The first-order valence-corrected chi connectivity index (χ1v) is 7.17. The second kappa shape index (κ2) is 6.71. The molecule has 2 atom stereocenters. The molecule has 19 heavy (non-hydrogen) atoms. The molecule has 1 aliphatic rings. The number of carboxylic acids is 1. The number of rotatable bonds is 5. The Balaban J connectivity index is 1.82. The van der Waals surface area contributed by atoms with E-state index in [1.807, 2.05) is 6.07 Å². The van der Waals surface area contributed by atoms with E-state index in [0.29, 0.717) is 12.6 Å². The van der Waals surface area contributed by atoms with Gasteiger partial charge in [0.05, 0.1) is 5.92 Å². The first kappa shape index (κ1) is 14.1. The van der Waals surface area contributed by atoms with Gasteiger partial charge in [-0.3, -0.25) is 9.69 Å². The molecule has 0 amide bonds. The van der Waals surface area contributed by atoms with Crippen molar-refractivity contribution in [3.63, 3.8) is 0 Å².